The minimum absolute atomic E-state index is 0.0819. The zero-order chi connectivity index (χ0) is 13.9. The van der Waals surface area contributed by atoms with Gasteiger partial charge in [0.1, 0.15) is 0 Å². The topological polar surface area (TPSA) is 61.8 Å². The average Bonchev–Trinajstić information content (AvgIpc) is 2.41. The second-order valence-electron chi connectivity index (χ2n) is 6.65. The number of hydrogen-bond acceptors (Lipinski definition) is 3. The van der Waals surface area contributed by atoms with Gasteiger partial charge in [0, 0.05) is 19.6 Å². The number of hydrogen-bond donors (Lipinski definition) is 2. The van der Waals surface area contributed by atoms with E-state index in [1.54, 1.807) is 4.90 Å². The molecule has 0 radical (unpaired) electrons. The zero-order valence-electron chi connectivity index (χ0n) is 12.1. The van der Waals surface area contributed by atoms with Crippen LogP contribution in [0.4, 0.5) is 4.79 Å². The fourth-order valence-electron chi connectivity index (χ4n) is 2.69. The molecule has 2 fully saturated rings. The summed E-state index contributed by atoms with van der Waals surface area (Å²) in [6.45, 7) is 7.31. The lowest BCUT2D eigenvalue weighted by Gasteiger charge is -2.40. The van der Waals surface area contributed by atoms with Crippen molar-refractivity contribution in [3.8, 4) is 0 Å². The maximum absolute atomic E-state index is 12.0. The van der Waals surface area contributed by atoms with Crippen LogP contribution in [0.1, 0.15) is 39.5 Å². The van der Waals surface area contributed by atoms with Crippen LogP contribution in [0.3, 0.4) is 0 Å². The van der Waals surface area contributed by atoms with Crippen LogP contribution in [0, 0.1) is 5.41 Å². The van der Waals surface area contributed by atoms with Crippen LogP contribution in [-0.4, -0.2) is 54.5 Å². The van der Waals surface area contributed by atoms with Crippen LogP contribution in [0.25, 0.3) is 0 Å². The van der Waals surface area contributed by atoms with Crippen molar-refractivity contribution in [3.05, 3.63) is 0 Å². The van der Waals surface area contributed by atoms with Crippen LogP contribution in [0.2, 0.25) is 0 Å². The normalized spacial score (nSPS) is 25.9. The monoisotopic (exact) mass is 270 g/mol. The highest BCUT2D eigenvalue weighted by molar-refractivity contribution is 5.74. The summed E-state index contributed by atoms with van der Waals surface area (Å²) in [6.07, 6.45) is 3.56. The summed E-state index contributed by atoms with van der Waals surface area (Å²) in [7, 11) is 0. The molecule has 1 saturated heterocycles. The summed E-state index contributed by atoms with van der Waals surface area (Å²) >= 11 is 0. The summed E-state index contributed by atoms with van der Waals surface area (Å²) in [5, 5.41) is 13.4. The van der Waals surface area contributed by atoms with Gasteiger partial charge in [0.05, 0.1) is 18.8 Å². The van der Waals surface area contributed by atoms with Gasteiger partial charge in [-0.2, -0.15) is 0 Å². The van der Waals surface area contributed by atoms with E-state index in [0.29, 0.717) is 38.3 Å². The predicted octanol–water partition coefficient (Wildman–Crippen LogP) is 1.36. The second kappa shape index (κ2) is 5.67. The van der Waals surface area contributed by atoms with Gasteiger partial charge >= 0.3 is 6.03 Å². The van der Waals surface area contributed by atoms with E-state index in [0.717, 1.165) is 25.7 Å². The van der Waals surface area contributed by atoms with E-state index in [1.165, 1.54) is 0 Å². The van der Waals surface area contributed by atoms with Crippen molar-refractivity contribution >= 4 is 6.03 Å². The number of ether oxygens (including phenoxy) is 1. The number of carbonyl (C=O) groups excluding carboxylic acids is 1. The Bertz CT molecular complexity index is 315. The van der Waals surface area contributed by atoms with Crippen molar-refractivity contribution in [2.45, 2.75) is 45.1 Å². The SMILES string of the molecule is CC1(C)CCC(O)(CNC(=O)N2CCOCC2)CC1. The number of morpholine rings is 1. The fraction of sp³-hybridized carbons (Fsp3) is 0.929. The van der Waals surface area contributed by atoms with Crippen LogP contribution in [0.5, 0.6) is 0 Å². The van der Waals surface area contributed by atoms with Crippen molar-refractivity contribution < 1.29 is 14.6 Å². The summed E-state index contributed by atoms with van der Waals surface area (Å²) in [4.78, 5) is 13.7. The van der Waals surface area contributed by atoms with E-state index in [1.807, 2.05) is 0 Å². The largest absolute Gasteiger partial charge is 0.388 e. The Kier molecular flexibility index (Phi) is 4.36. The van der Waals surface area contributed by atoms with Gasteiger partial charge in [-0.3, -0.25) is 0 Å². The minimum atomic E-state index is -0.725. The molecule has 0 spiro atoms. The number of amides is 2. The first-order chi connectivity index (χ1) is 8.90. The second-order valence-corrected chi connectivity index (χ2v) is 6.65. The third kappa shape index (κ3) is 4.08. The van der Waals surface area contributed by atoms with Gasteiger partial charge in [-0.05, 0) is 31.1 Å². The molecule has 19 heavy (non-hydrogen) atoms. The Hall–Kier alpha value is -0.810. The number of carbonyl (C=O) groups is 1. The molecule has 0 atom stereocenters. The highest BCUT2D eigenvalue weighted by Crippen LogP contribution is 2.39. The van der Waals surface area contributed by atoms with Crippen molar-refractivity contribution in [3.63, 3.8) is 0 Å². The molecule has 1 heterocycles. The third-order valence-electron chi connectivity index (χ3n) is 4.40. The number of nitrogens with zero attached hydrogens (tertiary/aromatic N) is 1. The molecule has 0 aromatic heterocycles. The summed E-state index contributed by atoms with van der Waals surface area (Å²) in [6, 6.07) is -0.0819. The number of aliphatic hydroxyl groups is 1. The number of urea groups is 1. The quantitative estimate of drug-likeness (QED) is 0.796. The number of rotatable bonds is 2. The Morgan fingerprint density at radius 2 is 1.79 bits per heavy atom. The molecule has 0 bridgehead atoms. The standard InChI is InChI=1S/C14H26N2O3/c1-13(2)3-5-14(18,6-4-13)11-15-12(17)16-7-9-19-10-8-16/h18H,3-11H2,1-2H3,(H,15,17). The molecular weight excluding hydrogens is 244 g/mol. The molecule has 2 rings (SSSR count). The van der Waals surface area contributed by atoms with Crippen molar-refractivity contribution in [1.29, 1.82) is 0 Å². The Balaban J connectivity index is 1.76. The molecule has 1 aliphatic heterocycles. The Morgan fingerprint density at radius 1 is 1.21 bits per heavy atom. The van der Waals surface area contributed by atoms with E-state index in [-0.39, 0.29) is 6.03 Å². The zero-order valence-corrected chi connectivity index (χ0v) is 12.1. The van der Waals surface area contributed by atoms with E-state index in [9.17, 15) is 9.90 Å². The van der Waals surface area contributed by atoms with E-state index < -0.39 is 5.60 Å². The summed E-state index contributed by atoms with van der Waals surface area (Å²) in [5.74, 6) is 0. The predicted molar refractivity (Wildman–Crippen MR) is 73.0 cm³/mol. The van der Waals surface area contributed by atoms with Crippen molar-refractivity contribution in [2.24, 2.45) is 5.41 Å². The lowest BCUT2D eigenvalue weighted by Crippen LogP contribution is -2.52. The van der Waals surface area contributed by atoms with Crippen LogP contribution >= 0.6 is 0 Å². The van der Waals surface area contributed by atoms with Gasteiger partial charge in [0.25, 0.3) is 0 Å². The van der Waals surface area contributed by atoms with E-state index in [2.05, 4.69) is 19.2 Å². The lowest BCUT2D eigenvalue weighted by molar-refractivity contribution is -0.0238. The summed E-state index contributed by atoms with van der Waals surface area (Å²) in [5.41, 5.74) is -0.405. The third-order valence-corrected chi connectivity index (χ3v) is 4.40. The average molecular weight is 270 g/mol. The first-order valence-corrected chi connectivity index (χ1v) is 7.23. The molecule has 0 aromatic carbocycles. The maximum atomic E-state index is 12.0. The number of nitrogens with one attached hydrogen (secondary N) is 1. The molecule has 2 N–H and O–H groups in total. The van der Waals surface area contributed by atoms with Gasteiger partial charge in [0.15, 0.2) is 0 Å². The Labute approximate surface area is 115 Å². The fourth-order valence-corrected chi connectivity index (χ4v) is 2.69. The molecule has 110 valence electrons. The molecule has 5 nitrogen and oxygen atoms in total. The first-order valence-electron chi connectivity index (χ1n) is 7.23. The Morgan fingerprint density at radius 3 is 2.37 bits per heavy atom. The van der Waals surface area contributed by atoms with Gasteiger partial charge in [-0.15, -0.1) is 0 Å². The van der Waals surface area contributed by atoms with E-state index in [4.69, 9.17) is 4.74 Å². The molecule has 2 aliphatic rings. The molecule has 0 unspecified atom stereocenters. The van der Waals surface area contributed by atoms with Crippen molar-refractivity contribution in [1.82, 2.24) is 10.2 Å². The lowest BCUT2D eigenvalue weighted by atomic mass is 9.71. The van der Waals surface area contributed by atoms with Gasteiger partial charge in [0.2, 0.25) is 0 Å². The molecule has 1 saturated carbocycles. The van der Waals surface area contributed by atoms with Gasteiger partial charge < -0.3 is 20.1 Å². The van der Waals surface area contributed by atoms with Gasteiger partial charge in [-0.1, -0.05) is 13.8 Å². The van der Waals surface area contributed by atoms with Crippen LogP contribution in [-0.2, 0) is 4.74 Å². The highest BCUT2D eigenvalue weighted by atomic mass is 16.5. The molecular formula is C14H26N2O3. The summed E-state index contributed by atoms with van der Waals surface area (Å²) < 4.78 is 5.22. The molecule has 5 heteroatoms. The maximum Gasteiger partial charge on any atom is 0.317 e. The molecule has 2 amide bonds. The minimum Gasteiger partial charge on any atom is -0.388 e. The van der Waals surface area contributed by atoms with Gasteiger partial charge in [-0.25, -0.2) is 4.79 Å². The van der Waals surface area contributed by atoms with Crippen molar-refractivity contribution in [2.75, 3.05) is 32.8 Å². The van der Waals surface area contributed by atoms with Crippen LogP contribution < -0.4 is 5.32 Å². The van der Waals surface area contributed by atoms with E-state index >= 15 is 0 Å². The highest BCUT2D eigenvalue weighted by Gasteiger charge is 2.37. The van der Waals surface area contributed by atoms with Crippen LogP contribution in [0.15, 0.2) is 0 Å². The molecule has 0 aromatic rings. The smallest absolute Gasteiger partial charge is 0.317 e. The first kappa shape index (κ1) is 14.6. The molecule has 1 aliphatic carbocycles.